The number of carbonyl (C=O) groups is 1. The molecule has 0 aliphatic carbocycles. The number of alkyl halides is 3. The molecule has 9 heteroatoms. The van der Waals surface area contributed by atoms with Gasteiger partial charge in [-0.25, -0.2) is 9.48 Å². The van der Waals surface area contributed by atoms with Crippen LogP contribution in [0.1, 0.15) is 33.4 Å². The number of para-hydroxylation sites is 1. The molecule has 0 N–H and O–H groups in total. The number of fused-ring (bicyclic) bond motifs is 1. The molecular weight excluding hydrogens is 409 g/mol. The first-order chi connectivity index (χ1) is 14.8. The summed E-state index contributed by atoms with van der Waals surface area (Å²) in [6, 6.07) is 13.0. The Morgan fingerprint density at radius 1 is 1.00 bits per heavy atom. The Hall–Kier alpha value is -3.75. The second-order valence-corrected chi connectivity index (χ2v) is 6.92. The summed E-state index contributed by atoms with van der Waals surface area (Å²) in [6.45, 7) is 2.97. The summed E-state index contributed by atoms with van der Waals surface area (Å²) in [5, 5.41) is 4.24. The van der Waals surface area contributed by atoms with Crippen molar-refractivity contribution in [3.05, 3.63) is 83.4 Å². The molecule has 2 aromatic carbocycles. The van der Waals surface area contributed by atoms with Crippen molar-refractivity contribution in [2.45, 2.75) is 26.1 Å². The summed E-state index contributed by atoms with van der Waals surface area (Å²) in [5.74, 6) is -1.11. The first-order valence-electron chi connectivity index (χ1n) is 9.35. The van der Waals surface area contributed by atoms with Gasteiger partial charge >= 0.3 is 12.1 Å². The number of aryl methyl sites for hydroxylation is 1. The molecule has 6 nitrogen and oxygen atoms in total. The minimum atomic E-state index is -4.83. The van der Waals surface area contributed by atoms with Gasteiger partial charge in [0.25, 0.3) is 0 Å². The van der Waals surface area contributed by atoms with E-state index in [-0.39, 0.29) is 22.5 Å². The molecule has 0 fully saturated rings. The van der Waals surface area contributed by atoms with Gasteiger partial charge in [-0.1, -0.05) is 18.2 Å². The first-order valence-corrected chi connectivity index (χ1v) is 9.35. The van der Waals surface area contributed by atoms with Gasteiger partial charge in [-0.15, -0.1) is 0 Å². The molecule has 31 heavy (non-hydrogen) atoms. The van der Waals surface area contributed by atoms with Crippen molar-refractivity contribution in [1.82, 2.24) is 19.7 Å². The molecule has 2 heterocycles. The third kappa shape index (κ3) is 3.98. The average Bonchev–Trinajstić information content (AvgIpc) is 3.05. The smallest absolute Gasteiger partial charge is 0.430 e. The first kappa shape index (κ1) is 20.5. The number of benzene rings is 2. The number of esters is 1. The van der Waals surface area contributed by atoms with E-state index in [4.69, 9.17) is 4.74 Å². The van der Waals surface area contributed by atoms with Crippen LogP contribution < -0.4 is 0 Å². The molecule has 0 radical (unpaired) electrons. The molecule has 0 unspecified atom stereocenters. The normalized spacial score (nSPS) is 12.7. The summed E-state index contributed by atoms with van der Waals surface area (Å²) < 4.78 is 48.3. The molecule has 1 atom stereocenters. The topological polar surface area (TPSA) is 69.9 Å². The fourth-order valence-corrected chi connectivity index (χ4v) is 3.41. The van der Waals surface area contributed by atoms with Crippen molar-refractivity contribution < 1.29 is 22.7 Å². The van der Waals surface area contributed by atoms with Gasteiger partial charge in [-0.05, 0) is 44.2 Å². The van der Waals surface area contributed by atoms with Crippen LogP contribution in [0.2, 0.25) is 0 Å². The molecular formula is C22H17F3N4O2. The second kappa shape index (κ2) is 7.82. The third-order valence-corrected chi connectivity index (χ3v) is 4.84. The van der Waals surface area contributed by atoms with Gasteiger partial charge in [-0.3, -0.25) is 9.97 Å². The van der Waals surface area contributed by atoms with Crippen molar-refractivity contribution in [3.8, 4) is 5.69 Å². The van der Waals surface area contributed by atoms with E-state index in [0.717, 1.165) is 0 Å². The summed E-state index contributed by atoms with van der Waals surface area (Å²) in [5.41, 5.74) is 1.63. The summed E-state index contributed by atoms with van der Waals surface area (Å²) in [4.78, 5) is 20.8. The maximum atomic E-state index is 14.0. The van der Waals surface area contributed by atoms with Crippen molar-refractivity contribution in [2.24, 2.45) is 0 Å². The lowest BCUT2D eigenvalue weighted by Gasteiger charge is -2.21. The second-order valence-electron chi connectivity index (χ2n) is 6.92. The standard InChI is InChI=1S/C22H17F3N4O2/c1-13-19(14(2)29(28-13)16-6-4-3-5-7-16)20(22(23,24)25)31-21(30)15-8-9-17-18(12-15)27-11-10-26-17/h3-12,20H,1-2H3/t20-/m0/s1. The highest BCUT2D eigenvalue weighted by Gasteiger charge is 2.47. The fourth-order valence-electron chi connectivity index (χ4n) is 3.41. The third-order valence-electron chi connectivity index (χ3n) is 4.84. The molecule has 4 rings (SSSR count). The number of nitrogens with zero attached hydrogens (tertiary/aromatic N) is 4. The zero-order chi connectivity index (χ0) is 22.2. The Labute approximate surface area is 175 Å². The summed E-state index contributed by atoms with van der Waals surface area (Å²) in [7, 11) is 0. The van der Waals surface area contributed by atoms with Gasteiger partial charge in [0, 0.05) is 23.7 Å². The van der Waals surface area contributed by atoms with E-state index < -0.39 is 18.2 Å². The molecule has 0 aliphatic rings. The quantitative estimate of drug-likeness (QED) is 0.435. The highest BCUT2D eigenvalue weighted by atomic mass is 19.4. The van der Waals surface area contributed by atoms with Crippen LogP contribution in [-0.4, -0.2) is 31.9 Å². The highest BCUT2D eigenvalue weighted by Crippen LogP contribution is 2.40. The van der Waals surface area contributed by atoms with Crippen molar-refractivity contribution >= 4 is 17.0 Å². The fraction of sp³-hybridized carbons (Fsp3) is 0.182. The Kier molecular flexibility index (Phi) is 5.18. The van der Waals surface area contributed by atoms with Gasteiger partial charge in [-0.2, -0.15) is 18.3 Å². The zero-order valence-electron chi connectivity index (χ0n) is 16.6. The molecule has 0 spiro atoms. The molecule has 0 saturated heterocycles. The predicted octanol–water partition coefficient (Wildman–Crippen LogP) is 4.89. The van der Waals surface area contributed by atoms with Crippen LogP contribution in [0.5, 0.6) is 0 Å². The maximum Gasteiger partial charge on any atom is 0.430 e. The molecule has 0 aliphatic heterocycles. The van der Waals surface area contributed by atoms with Crippen molar-refractivity contribution in [3.63, 3.8) is 0 Å². The van der Waals surface area contributed by atoms with Crippen molar-refractivity contribution in [1.29, 1.82) is 0 Å². The zero-order valence-corrected chi connectivity index (χ0v) is 16.6. The van der Waals surface area contributed by atoms with Crippen LogP contribution in [0.15, 0.2) is 60.9 Å². The van der Waals surface area contributed by atoms with Gasteiger partial charge in [0.2, 0.25) is 6.10 Å². The number of halogens is 3. The van der Waals surface area contributed by atoms with Crippen LogP contribution in [0, 0.1) is 13.8 Å². The lowest BCUT2D eigenvalue weighted by atomic mass is 10.1. The number of ether oxygens (including phenoxy) is 1. The molecule has 2 aromatic heterocycles. The van der Waals surface area contributed by atoms with Crippen molar-refractivity contribution in [2.75, 3.05) is 0 Å². The average molecular weight is 426 g/mol. The maximum absolute atomic E-state index is 14.0. The number of rotatable bonds is 4. The van der Waals surface area contributed by atoms with E-state index in [1.165, 1.54) is 49.1 Å². The van der Waals surface area contributed by atoms with E-state index >= 15 is 0 Å². The van der Waals surface area contributed by atoms with Crippen LogP contribution in [0.25, 0.3) is 16.7 Å². The van der Waals surface area contributed by atoms with Gasteiger partial charge in [0.05, 0.1) is 28.0 Å². The van der Waals surface area contributed by atoms with Crippen LogP contribution >= 0.6 is 0 Å². The molecule has 0 saturated carbocycles. The van der Waals surface area contributed by atoms with Gasteiger partial charge in [0.1, 0.15) is 0 Å². The highest BCUT2D eigenvalue weighted by molar-refractivity contribution is 5.93. The molecule has 4 aromatic rings. The lowest BCUT2D eigenvalue weighted by Crippen LogP contribution is -2.27. The monoisotopic (exact) mass is 426 g/mol. The van der Waals surface area contributed by atoms with Crippen LogP contribution in [0.4, 0.5) is 13.2 Å². The molecule has 158 valence electrons. The Balaban J connectivity index is 1.71. The molecule has 0 amide bonds. The van der Waals surface area contributed by atoms with Crippen LogP contribution in [0.3, 0.4) is 0 Å². The van der Waals surface area contributed by atoms with E-state index in [9.17, 15) is 18.0 Å². The number of hydrogen-bond acceptors (Lipinski definition) is 5. The summed E-state index contributed by atoms with van der Waals surface area (Å²) >= 11 is 0. The number of hydrogen-bond donors (Lipinski definition) is 0. The van der Waals surface area contributed by atoms with E-state index in [0.29, 0.717) is 16.7 Å². The SMILES string of the molecule is Cc1nn(-c2ccccc2)c(C)c1[C@H](OC(=O)c1ccc2nccnc2c1)C(F)(F)F. The number of aromatic nitrogens is 4. The summed E-state index contributed by atoms with van der Waals surface area (Å²) in [6.07, 6.45) is -4.38. The van der Waals surface area contributed by atoms with E-state index in [1.54, 1.807) is 30.3 Å². The number of carbonyl (C=O) groups excluding carboxylic acids is 1. The van der Waals surface area contributed by atoms with Gasteiger partial charge in [0.15, 0.2) is 0 Å². The van der Waals surface area contributed by atoms with Gasteiger partial charge < -0.3 is 4.74 Å². The predicted molar refractivity (Wildman–Crippen MR) is 107 cm³/mol. The largest absolute Gasteiger partial charge is 0.444 e. The Morgan fingerprint density at radius 2 is 1.68 bits per heavy atom. The minimum Gasteiger partial charge on any atom is -0.444 e. The Bertz CT molecular complexity index is 1250. The van der Waals surface area contributed by atoms with E-state index in [2.05, 4.69) is 15.1 Å². The molecule has 0 bridgehead atoms. The van der Waals surface area contributed by atoms with E-state index in [1.807, 2.05) is 0 Å². The van der Waals surface area contributed by atoms with Crippen LogP contribution in [-0.2, 0) is 4.74 Å². The lowest BCUT2D eigenvalue weighted by molar-refractivity contribution is -0.207. The Morgan fingerprint density at radius 3 is 2.35 bits per heavy atom. The minimum absolute atomic E-state index is 0.0481.